The molecule has 1 fully saturated rings. The van der Waals surface area contributed by atoms with Gasteiger partial charge in [0, 0.05) is 23.7 Å². The lowest BCUT2D eigenvalue weighted by molar-refractivity contribution is -0.137. The second kappa shape index (κ2) is 8.98. The quantitative estimate of drug-likeness (QED) is 0.751. The number of para-hydroxylation sites is 1. The fourth-order valence-corrected chi connectivity index (χ4v) is 3.31. The van der Waals surface area contributed by atoms with Crippen LogP contribution in [0.1, 0.15) is 41.6 Å². The summed E-state index contributed by atoms with van der Waals surface area (Å²) in [6.45, 7) is 0. The third kappa shape index (κ3) is 5.97. The van der Waals surface area contributed by atoms with Gasteiger partial charge in [-0.3, -0.25) is 10.1 Å². The molecule has 2 aromatic carbocycles. The van der Waals surface area contributed by atoms with E-state index in [2.05, 4.69) is 10.6 Å². The highest BCUT2D eigenvalue weighted by Gasteiger charge is 2.31. The van der Waals surface area contributed by atoms with Gasteiger partial charge in [-0.15, -0.1) is 0 Å². The van der Waals surface area contributed by atoms with E-state index < -0.39 is 23.7 Å². The number of benzene rings is 2. The number of hydrogen-bond acceptors (Lipinski definition) is 3. The number of carbonyl (C=O) groups is 2. The number of hydrogen-bond donors (Lipinski definition) is 2. The second-order valence-corrected chi connectivity index (χ2v) is 6.93. The molecule has 2 aromatic rings. The Hall–Kier alpha value is -3.03. The summed E-state index contributed by atoms with van der Waals surface area (Å²) < 4.78 is 43.9. The largest absolute Gasteiger partial charge is 0.446 e. The first-order valence-corrected chi connectivity index (χ1v) is 9.32. The monoisotopic (exact) mass is 406 g/mol. The molecule has 2 amide bonds. The zero-order valence-corrected chi connectivity index (χ0v) is 15.5. The van der Waals surface area contributed by atoms with Gasteiger partial charge < -0.3 is 10.1 Å². The van der Waals surface area contributed by atoms with Crippen LogP contribution in [0, 0.1) is 0 Å². The van der Waals surface area contributed by atoms with Crippen LogP contribution in [0.5, 0.6) is 0 Å². The molecule has 1 saturated carbocycles. The van der Waals surface area contributed by atoms with Gasteiger partial charge in [-0.2, -0.15) is 13.2 Å². The number of anilines is 1. The van der Waals surface area contributed by atoms with Gasteiger partial charge in [0.2, 0.25) is 0 Å². The molecule has 1 aliphatic carbocycles. The van der Waals surface area contributed by atoms with Crippen molar-refractivity contribution in [2.75, 3.05) is 5.32 Å². The zero-order valence-electron chi connectivity index (χ0n) is 15.5. The molecule has 0 spiro atoms. The number of halogens is 3. The molecule has 0 aliphatic heterocycles. The smallest absolute Gasteiger partial charge is 0.416 e. The van der Waals surface area contributed by atoms with Crippen LogP contribution in [-0.2, 0) is 10.9 Å². The van der Waals surface area contributed by atoms with Crippen molar-refractivity contribution in [1.29, 1.82) is 0 Å². The van der Waals surface area contributed by atoms with Crippen LogP contribution in [0.2, 0.25) is 0 Å². The van der Waals surface area contributed by atoms with E-state index in [1.165, 1.54) is 12.1 Å². The Morgan fingerprint density at radius 2 is 1.76 bits per heavy atom. The molecule has 0 radical (unpaired) electrons. The molecule has 2 atom stereocenters. The minimum Gasteiger partial charge on any atom is -0.446 e. The Morgan fingerprint density at radius 1 is 1.00 bits per heavy atom. The predicted molar refractivity (Wildman–Crippen MR) is 101 cm³/mol. The normalized spacial score (nSPS) is 19.3. The number of amides is 2. The van der Waals surface area contributed by atoms with Crippen molar-refractivity contribution in [2.24, 2.45) is 0 Å². The Kier molecular flexibility index (Phi) is 6.41. The van der Waals surface area contributed by atoms with Crippen LogP contribution in [0.4, 0.5) is 23.7 Å². The molecule has 0 bridgehead atoms. The first-order chi connectivity index (χ1) is 13.8. The molecule has 0 heterocycles. The maximum Gasteiger partial charge on any atom is 0.416 e. The average Bonchev–Trinajstić information content (AvgIpc) is 2.68. The first kappa shape index (κ1) is 20.7. The molecule has 0 saturated heterocycles. The maximum absolute atomic E-state index is 12.8. The first-order valence-electron chi connectivity index (χ1n) is 9.32. The summed E-state index contributed by atoms with van der Waals surface area (Å²) in [5.41, 5.74) is -0.306. The lowest BCUT2D eigenvalue weighted by atomic mass is 9.92. The highest BCUT2D eigenvalue weighted by molar-refractivity contribution is 5.94. The molecule has 29 heavy (non-hydrogen) atoms. The fourth-order valence-electron chi connectivity index (χ4n) is 3.31. The van der Waals surface area contributed by atoms with Crippen molar-refractivity contribution in [2.45, 2.75) is 44.0 Å². The average molecular weight is 406 g/mol. The van der Waals surface area contributed by atoms with Crippen molar-refractivity contribution in [1.82, 2.24) is 5.32 Å². The number of ether oxygens (including phenoxy) is 1. The van der Waals surface area contributed by atoms with E-state index in [4.69, 9.17) is 4.74 Å². The highest BCUT2D eigenvalue weighted by atomic mass is 19.4. The van der Waals surface area contributed by atoms with Crippen molar-refractivity contribution < 1.29 is 27.5 Å². The van der Waals surface area contributed by atoms with Gasteiger partial charge in [0.1, 0.15) is 6.10 Å². The molecule has 154 valence electrons. The minimum atomic E-state index is -4.51. The van der Waals surface area contributed by atoms with Crippen molar-refractivity contribution >= 4 is 17.7 Å². The zero-order chi connectivity index (χ0) is 20.9. The van der Waals surface area contributed by atoms with Crippen molar-refractivity contribution in [3.05, 3.63) is 65.7 Å². The summed E-state index contributed by atoms with van der Waals surface area (Å²) in [6.07, 6.45) is -2.98. The van der Waals surface area contributed by atoms with Crippen LogP contribution >= 0.6 is 0 Å². The Labute approximate surface area is 166 Å². The highest BCUT2D eigenvalue weighted by Crippen LogP contribution is 2.29. The van der Waals surface area contributed by atoms with Gasteiger partial charge in [0.15, 0.2) is 0 Å². The van der Waals surface area contributed by atoms with E-state index in [0.29, 0.717) is 24.9 Å². The van der Waals surface area contributed by atoms with E-state index in [1.54, 1.807) is 24.3 Å². The summed E-state index contributed by atoms with van der Waals surface area (Å²) in [6, 6.07) is 12.9. The molecular weight excluding hydrogens is 385 g/mol. The lowest BCUT2D eigenvalue weighted by Gasteiger charge is -2.29. The van der Waals surface area contributed by atoms with Crippen LogP contribution < -0.4 is 10.6 Å². The minimum absolute atomic E-state index is 0.0512. The van der Waals surface area contributed by atoms with Crippen LogP contribution in [0.25, 0.3) is 0 Å². The van der Waals surface area contributed by atoms with E-state index in [0.717, 1.165) is 18.6 Å². The van der Waals surface area contributed by atoms with Gasteiger partial charge in [0.25, 0.3) is 5.91 Å². The second-order valence-electron chi connectivity index (χ2n) is 6.93. The van der Waals surface area contributed by atoms with Gasteiger partial charge >= 0.3 is 12.3 Å². The Morgan fingerprint density at radius 3 is 2.48 bits per heavy atom. The molecule has 2 unspecified atom stereocenters. The lowest BCUT2D eigenvalue weighted by Crippen LogP contribution is -2.41. The van der Waals surface area contributed by atoms with Gasteiger partial charge in [-0.25, -0.2) is 4.79 Å². The molecule has 0 aromatic heterocycles. The maximum atomic E-state index is 12.8. The van der Waals surface area contributed by atoms with Crippen LogP contribution in [0.3, 0.4) is 0 Å². The van der Waals surface area contributed by atoms with E-state index in [-0.39, 0.29) is 17.7 Å². The van der Waals surface area contributed by atoms with Gasteiger partial charge in [0.05, 0.1) is 5.56 Å². The standard InChI is InChI=1S/C21H21F3N2O3/c22-21(23,24)15-7-4-6-14(12-15)19(27)25-17-10-5-11-18(13-17)29-20(28)26-16-8-2-1-3-9-16/h1-4,6-9,12,17-18H,5,10-11,13H2,(H,25,27)(H,26,28). The number of rotatable bonds is 4. The topological polar surface area (TPSA) is 67.4 Å². The number of alkyl halides is 3. The molecule has 1 aliphatic rings. The van der Waals surface area contributed by atoms with Gasteiger partial charge in [-0.1, -0.05) is 24.3 Å². The van der Waals surface area contributed by atoms with Crippen molar-refractivity contribution in [3.8, 4) is 0 Å². The Bertz CT molecular complexity index is 856. The summed E-state index contributed by atoms with van der Waals surface area (Å²) in [4.78, 5) is 24.4. The van der Waals surface area contributed by atoms with Gasteiger partial charge in [-0.05, 0) is 49.6 Å². The van der Waals surface area contributed by atoms with Crippen LogP contribution in [-0.4, -0.2) is 24.1 Å². The summed E-state index contributed by atoms with van der Waals surface area (Å²) in [5.74, 6) is -0.574. The predicted octanol–water partition coefficient (Wildman–Crippen LogP) is 5.00. The summed E-state index contributed by atoms with van der Waals surface area (Å²) in [7, 11) is 0. The fraction of sp³-hybridized carbons (Fsp3) is 0.333. The molecule has 2 N–H and O–H groups in total. The molecule has 8 heteroatoms. The Balaban J connectivity index is 1.54. The summed E-state index contributed by atoms with van der Waals surface area (Å²) in [5, 5.41) is 5.38. The number of carbonyl (C=O) groups excluding carboxylic acids is 2. The van der Waals surface area contributed by atoms with Crippen molar-refractivity contribution in [3.63, 3.8) is 0 Å². The number of nitrogens with one attached hydrogen (secondary N) is 2. The van der Waals surface area contributed by atoms with E-state index >= 15 is 0 Å². The van der Waals surface area contributed by atoms with Crippen LogP contribution in [0.15, 0.2) is 54.6 Å². The SMILES string of the molecule is O=C(Nc1ccccc1)OC1CCCC(NC(=O)c2cccc(C(F)(F)F)c2)C1. The third-order valence-corrected chi connectivity index (χ3v) is 4.71. The summed E-state index contributed by atoms with van der Waals surface area (Å²) >= 11 is 0. The third-order valence-electron chi connectivity index (χ3n) is 4.71. The molecule has 3 rings (SSSR count). The molecular formula is C21H21F3N2O3. The van der Waals surface area contributed by atoms with E-state index in [9.17, 15) is 22.8 Å². The van der Waals surface area contributed by atoms with E-state index in [1.807, 2.05) is 6.07 Å². The molecule has 5 nitrogen and oxygen atoms in total.